The molecule has 2 aliphatic rings. The van der Waals surface area contributed by atoms with Crippen LogP contribution in [0.3, 0.4) is 0 Å². The van der Waals surface area contributed by atoms with Crippen molar-refractivity contribution in [2.75, 3.05) is 6.61 Å². The molecule has 13 heteroatoms. The number of benzene rings is 2. The van der Waals surface area contributed by atoms with Gasteiger partial charge in [0.1, 0.15) is 43.2 Å². The maximum atomic E-state index is 13.1. The van der Waals surface area contributed by atoms with E-state index in [1.807, 2.05) is 0 Å². The quantitative estimate of drug-likeness (QED) is 0.177. The SMILES string of the molecule is Cc1cc2c(c(O)c1O[C@@H]1O[C@H](COC(=O)CC(=O)O)[C@@H](O)[C@H](O)[C@H]1O)C(=O)c1c(O)cccc1C2=O. The normalized spacial score (nSPS) is 24.7. The standard InChI is InChI=1S/C24H22O13/c1-8-5-10-16(19(31)15-9(17(10)29)3-2-4-11(15)25)20(32)23(8)37-24-22(34)21(33)18(30)12(36-24)7-35-14(28)6-13(26)27/h2-5,12,18,21-22,24-25,30,32-34H,6-7H2,1H3,(H,26,27)/t12-,18-,21+,22-,24+/m1/s1. The third kappa shape index (κ3) is 4.60. The van der Waals surface area contributed by atoms with Crippen molar-refractivity contribution in [3.8, 4) is 17.2 Å². The van der Waals surface area contributed by atoms with Crippen LogP contribution in [-0.2, 0) is 19.1 Å². The van der Waals surface area contributed by atoms with Crippen LogP contribution in [-0.4, -0.2) is 91.5 Å². The molecule has 1 aliphatic carbocycles. The van der Waals surface area contributed by atoms with Crippen LogP contribution in [0.2, 0.25) is 0 Å². The molecule has 2 aromatic rings. The van der Waals surface area contributed by atoms with Gasteiger partial charge in [-0.1, -0.05) is 12.1 Å². The van der Waals surface area contributed by atoms with Gasteiger partial charge in [0.25, 0.3) is 0 Å². The first-order chi connectivity index (χ1) is 17.4. The number of fused-ring (bicyclic) bond motifs is 2. The van der Waals surface area contributed by atoms with Crippen molar-refractivity contribution in [1.82, 2.24) is 0 Å². The number of aromatic hydroxyl groups is 2. The largest absolute Gasteiger partial charge is 0.507 e. The molecule has 0 amide bonds. The van der Waals surface area contributed by atoms with Gasteiger partial charge in [0.05, 0.1) is 11.1 Å². The predicted octanol–water partition coefficient (Wildman–Crippen LogP) is -0.614. The summed E-state index contributed by atoms with van der Waals surface area (Å²) in [6, 6.07) is 5.23. The van der Waals surface area contributed by atoms with E-state index in [9.17, 15) is 44.7 Å². The molecule has 196 valence electrons. The van der Waals surface area contributed by atoms with Gasteiger partial charge in [-0.2, -0.15) is 0 Å². The van der Waals surface area contributed by atoms with Crippen molar-refractivity contribution in [2.45, 2.75) is 44.1 Å². The van der Waals surface area contributed by atoms with E-state index in [-0.39, 0.29) is 22.3 Å². The van der Waals surface area contributed by atoms with E-state index in [1.165, 1.54) is 31.2 Å². The summed E-state index contributed by atoms with van der Waals surface area (Å²) in [6.45, 7) is 0.728. The predicted molar refractivity (Wildman–Crippen MR) is 118 cm³/mol. The summed E-state index contributed by atoms with van der Waals surface area (Å²) in [5, 5.41) is 60.5. The Kier molecular flexibility index (Phi) is 6.88. The maximum absolute atomic E-state index is 13.1. The topological polar surface area (TPSA) is 217 Å². The fourth-order valence-corrected chi connectivity index (χ4v) is 4.20. The van der Waals surface area contributed by atoms with Crippen molar-refractivity contribution in [2.24, 2.45) is 0 Å². The van der Waals surface area contributed by atoms with Gasteiger partial charge in [-0.15, -0.1) is 0 Å². The van der Waals surface area contributed by atoms with Gasteiger partial charge in [-0.3, -0.25) is 19.2 Å². The Morgan fingerprint density at radius 2 is 1.68 bits per heavy atom. The summed E-state index contributed by atoms with van der Waals surface area (Å²) in [5.74, 6) is -5.72. The lowest BCUT2D eigenvalue weighted by Gasteiger charge is -2.40. The lowest BCUT2D eigenvalue weighted by molar-refractivity contribution is -0.278. The highest BCUT2D eigenvalue weighted by molar-refractivity contribution is 6.30. The number of aliphatic hydroxyl groups excluding tert-OH is 3. The number of carboxylic acids is 1. The number of phenolic OH excluding ortho intramolecular Hbond substituents is 2. The van der Waals surface area contributed by atoms with Gasteiger partial charge in [0, 0.05) is 11.1 Å². The van der Waals surface area contributed by atoms with Gasteiger partial charge in [0.2, 0.25) is 12.1 Å². The number of phenols is 2. The van der Waals surface area contributed by atoms with Crippen LogP contribution in [0.15, 0.2) is 24.3 Å². The molecule has 0 spiro atoms. The third-order valence-electron chi connectivity index (χ3n) is 6.03. The van der Waals surface area contributed by atoms with E-state index in [0.717, 1.165) is 0 Å². The maximum Gasteiger partial charge on any atom is 0.317 e. The van der Waals surface area contributed by atoms with E-state index < -0.39 is 90.1 Å². The van der Waals surface area contributed by atoms with Crippen LogP contribution < -0.4 is 4.74 Å². The fraction of sp³-hybridized carbons (Fsp3) is 0.333. The second kappa shape index (κ2) is 9.78. The van der Waals surface area contributed by atoms with E-state index in [1.54, 1.807) is 0 Å². The number of hydrogen-bond acceptors (Lipinski definition) is 12. The molecule has 0 saturated carbocycles. The van der Waals surface area contributed by atoms with Crippen LogP contribution in [0.25, 0.3) is 0 Å². The number of esters is 1. The zero-order valence-corrected chi connectivity index (χ0v) is 19.2. The summed E-state index contributed by atoms with van der Waals surface area (Å²) in [4.78, 5) is 48.2. The smallest absolute Gasteiger partial charge is 0.317 e. The molecule has 1 saturated heterocycles. The Morgan fingerprint density at radius 1 is 0.973 bits per heavy atom. The molecule has 2 aromatic carbocycles. The molecular formula is C24H22O13. The fourth-order valence-electron chi connectivity index (χ4n) is 4.20. The van der Waals surface area contributed by atoms with E-state index in [2.05, 4.69) is 0 Å². The van der Waals surface area contributed by atoms with E-state index >= 15 is 0 Å². The second-order valence-corrected chi connectivity index (χ2v) is 8.54. The van der Waals surface area contributed by atoms with Crippen molar-refractivity contribution >= 4 is 23.5 Å². The van der Waals surface area contributed by atoms with Crippen LogP contribution >= 0.6 is 0 Å². The summed E-state index contributed by atoms with van der Waals surface area (Å²) >= 11 is 0. The Hall–Kier alpha value is -4.04. The van der Waals surface area contributed by atoms with Crippen molar-refractivity contribution in [3.63, 3.8) is 0 Å². The molecule has 13 nitrogen and oxygen atoms in total. The number of ether oxygens (including phenoxy) is 3. The van der Waals surface area contributed by atoms with Crippen molar-refractivity contribution < 1.29 is 64.0 Å². The van der Waals surface area contributed by atoms with Gasteiger partial charge < -0.3 is 44.8 Å². The van der Waals surface area contributed by atoms with Crippen LogP contribution in [0.4, 0.5) is 0 Å². The molecule has 0 unspecified atom stereocenters. The Morgan fingerprint density at radius 3 is 2.35 bits per heavy atom. The molecule has 5 atom stereocenters. The molecule has 6 N–H and O–H groups in total. The zero-order valence-electron chi connectivity index (χ0n) is 19.2. The first-order valence-corrected chi connectivity index (χ1v) is 10.9. The Bertz CT molecular complexity index is 1300. The third-order valence-corrected chi connectivity index (χ3v) is 6.03. The number of ketones is 2. The number of aliphatic carboxylic acids is 1. The highest BCUT2D eigenvalue weighted by atomic mass is 16.7. The number of aliphatic hydroxyl groups is 3. The molecular weight excluding hydrogens is 496 g/mol. The molecule has 0 bridgehead atoms. The molecule has 37 heavy (non-hydrogen) atoms. The van der Waals surface area contributed by atoms with Crippen molar-refractivity contribution in [1.29, 1.82) is 0 Å². The van der Waals surface area contributed by atoms with Gasteiger partial charge in [-0.05, 0) is 24.6 Å². The number of rotatable bonds is 6. The van der Waals surface area contributed by atoms with E-state index in [4.69, 9.17) is 19.3 Å². The second-order valence-electron chi connectivity index (χ2n) is 8.54. The molecule has 1 aliphatic heterocycles. The monoisotopic (exact) mass is 518 g/mol. The van der Waals surface area contributed by atoms with Crippen molar-refractivity contribution in [3.05, 3.63) is 52.1 Å². The van der Waals surface area contributed by atoms with Gasteiger partial charge in [0.15, 0.2) is 17.3 Å². The van der Waals surface area contributed by atoms with Crippen LogP contribution in [0.5, 0.6) is 17.2 Å². The zero-order chi connectivity index (χ0) is 27.2. The summed E-state index contributed by atoms with van der Waals surface area (Å²) in [7, 11) is 0. The number of carboxylic acid groups (broad SMARTS) is 1. The number of aryl methyl sites for hydroxylation is 1. The highest BCUT2D eigenvalue weighted by Crippen LogP contribution is 2.43. The average molecular weight is 518 g/mol. The Labute approximate surface area is 208 Å². The summed E-state index contributed by atoms with van der Waals surface area (Å²) < 4.78 is 15.7. The summed E-state index contributed by atoms with van der Waals surface area (Å²) in [6.07, 6.45) is -9.69. The first kappa shape index (κ1) is 26.0. The molecule has 0 aromatic heterocycles. The van der Waals surface area contributed by atoms with Crippen LogP contribution in [0, 0.1) is 6.92 Å². The average Bonchev–Trinajstić information content (AvgIpc) is 2.83. The highest BCUT2D eigenvalue weighted by Gasteiger charge is 2.46. The molecule has 4 rings (SSSR count). The van der Waals surface area contributed by atoms with Gasteiger partial charge in [-0.25, -0.2) is 0 Å². The number of carbonyl (C=O) groups excluding carboxylic acids is 3. The lowest BCUT2D eigenvalue weighted by Crippen LogP contribution is -2.60. The number of carbonyl (C=O) groups is 4. The van der Waals surface area contributed by atoms with E-state index in [0.29, 0.717) is 0 Å². The Balaban J connectivity index is 1.63. The van der Waals surface area contributed by atoms with Gasteiger partial charge >= 0.3 is 11.9 Å². The summed E-state index contributed by atoms with van der Waals surface area (Å²) in [5.41, 5.74) is -0.810. The minimum Gasteiger partial charge on any atom is -0.507 e. The molecule has 1 fully saturated rings. The minimum atomic E-state index is -1.88. The first-order valence-electron chi connectivity index (χ1n) is 10.9. The molecule has 1 heterocycles. The minimum absolute atomic E-state index is 0.0478. The number of hydrogen-bond donors (Lipinski definition) is 6. The molecule has 0 radical (unpaired) electrons. The van der Waals surface area contributed by atoms with Crippen LogP contribution in [0.1, 0.15) is 43.8 Å². The lowest BCUT2D eigenvalue weighted by atomic mass is 9.82.